The van der Waals surface area contributed by atoms with E-state index < -0.39 is 15.9 Å². The molecule has 3 aromatic carbocycles. The minimum Gasteiger partial charge on any atom is -0.325 e. The molecule has 0 spiro atoms. The lowest BCUT2D eigenvalue weighted by Crippen LogP contribution is -2.37. The zero-order valence-corrected chi connectivity index (χ0v) is 19.1. The number of carbonyl (C=O) groups excluding carboxylic acids is 1. The molecule has 3 aromatic rings. The smallest absolute Gasteiger partial charge is 0.243 e. The van der Waals surface area contributed by atoms with Gasteiger partial charge < -0.3 is 5.32 Å². The molecule has 162 valence electrons. The monoisotopic (exact) mass is 456 g/mol. The Morgan fingerprint density at radius 3 is 2.26 bits per heavy atom. The van der Waals surface area contributed by atoms with Crippen LogP contribution in [-0.4, -0.2) is 25.2 Å². The van der Waals surface area contributed by atoms with E-state index in [9.17, 15) is 13.2 Å². The Morgan fingerprint density at radius 1 is 0.968 bits per heavy atom. The van der Waals surface area contributed by atoms with Gasteiger partial charge in [0.25, 0.3) is 0 Å². The molecule has 1 N–H and O–H groups in total. The molecule has 1 amide bonds. The lowest BCUT2D eigenvalue weighted by Gasteiger charge is -2.22. The van der Waals surface area contributed by atoms with Gasteiger partial charge in [-0.2, -0.15) is 4.31 Å². The number of nitrogens with zero attached hydrogens (tertiary/aromatic N) is 1. The number of nitrogens with one attached hydrogen (secondary N) is 1. The standard InChI is InChI=1S/C24H25ClN2O3S/c1-3-20-6-4-5-7-23(20)26-24(28)17-27(16-19-10-8-18(2)9-11-19)31(29,30)22-14-12-21(25)13-15-22/h4-15H,3,16-17H2,1-2H3,(H,26,28). The lowest BCUT2D eigenvalue weighted by atomic mass is 10.1. The van der Waals surface area contributed by atoms with Crippen LogP contribution in [0.15, 0.2) is 77.7 Å². The number of hydrogen-bond acceptors (Lipinski definition) is 3. The number of aryl methyl sites for hydroxylation is 2. The van der Waals surface area contributed by atoms with Gasteiger partial charge in [-0.1, -0.05) is 66.6 Å². The molecule has 0 radical (unpaired) electrons. The van der Waals surface area contributed by atoms with Crippen molar-refractivity contribution in [1.29, 1.82) is 0 Å². The summed E-state index contributed by atoms with van der Waals surface area (Å²) >= 11 is 5.92. The van der Waals surface area contributed by atoms with E-state index in [1.165, 1.54) is 28.6 Å². The first-order valence-electron chi connectivity index (χ1n) is 9.98. The molecule has 3 rings (SSSR count). The van der Waals surface area contributed by atoms with Gasteiger partial charge in [0.15, 0.2) is 0 Å². The summed E-state index contributed by atoms with van der Waals surface area (Å²) in [6.07, 6.45) is 0.757. The number of amides is 1. The van der Waals surface area contributed by atoms with E-state index in [0.717, 1.165) is 23.1 Å². The fourth-order valence-corrected chi connectivity index (χ4v) is 4.69. The maximum absolute atomic E-state index is 13.3. The first kappa shape index (κ1) is 23.0. The molecule has 0 saturated heterocycles. The van der Waals surface area contributed by atoms with Crippen molar-refractivity contribution in [3.05, 3.63) is 94.5 Å². The topological polar surface area (TPSA) is 66.5 Å². The highest BCUT2D eigenvalue weighted by molar-refractivity contribution is 7.89. The summed E-state index contributed by atoms with van der Waals surface area (Å²) in [5.41, 5.74) is 3.55. The molecule has 0 heterocycles. The van der Waals surface area contributed by atoms with Crippen molar-refractivity contribution < 1.29 is 13.2 Å². The van der Waals surface area contributed by atoms with Crippen LogP contribution in [0.1, 0.15) is 23.6 Å². The second-order valence-electron chi connectivity index (χ2n) is 7.27. The molecule has 0 aliphatic heterocycles. The number of rotatable bonds is 8. The summed E-state index contributed by atoms with van der Waals surface area (Å²) in [4.78, 5) is 12.9. The van der Waals surface area contributed by atoms with E-state index in [0.29, 0.717) is 10.7 Å². The van der Waals surface area contributed by atoms with Gasteiger partial charge in [0.05, 0.1) is 11.4 Å². The Kier molecular flexibility index (Phi) is 7.49. The Balaban J connectivity index is 1.88. The predicted octanol–water partition coefficient (Wildman–Crippen LogP) is 5.04. The normalized spacial score (nSPS) is 11.5. The van der Waals surface area contributed by atoms with Crippen molar-refractivity contribution in [2.24, 2.45) is 0 Å². The summed E-state index contributed by atoms with van der Waals surface area (Å²) in [6, 6.07) is 21.0. The Labute approximate surface area is 188 Å². The SMILES string of the molecule is CCc1ccccc1NC(=O)CN(Cc1ccc(C)cc1)S(=O)(=O)c1ccc(Cl)cc1. The molecule has 0 aromatic heterocycles. The van der Waals surface area contributed by atoms with Crippen molar-refractivity contribution in [2.75, 3.05) is 11.9 Å². The van der Waals surface area contributed by atoms with Gasteiger partial charge in [-0.05, 0) is 54.8 Å². The maximum Gasteiger partial charge on any atom is 0.243 e. The van der Waals surface area contributed by atoms with Gasteiger partial charge in [0.2, 0.25) is 15.9 Å². The van der Waals surface area contributed by atoms with Crippen LogP contribution in [0.5, 0.6) is 0 Å². The summed E-state index contributed by atoms with van der Waals surface area (Å²) in [7, 11) is -3.92. The fraction of sp³-hybridized carbons (Fsp3) is 0.208. The van der Waals surface area contributed by atoms with Crippen LogP contribution in [0.3, 0.4) is 0 Å². The quantitative estimate of drug-likeness (QED) is 0.516. The number of benzene rings is 3. The van der Waals surface area contributed by atoms with Gasteiger partial charge >= 0.3 is 0 Å². The average molecular weight is 457 g/mol. The van der Waals surface area contributed by atoms with E-state index in [4.69, 9.17) is 11.6 Å². The minimum atomic E-state index is -3.92. The molecule has 0 aliphatic rings. The van der Waals surface area contributed by atoms with Gasteiger partial charge in [-0.3, -0.25) is 4.79 Å². The Bertz CT molecular complexity index is 1140. The fourth-order valence-electron chi connectivity index (χ4n) is 3.18. The molecular weight excluding hydrogens is 432 g/mol. The summed E-state index contributed by atoms with van der Waals surface area (Å²) in [6.45, 7) is 3.73. The van der Waals surface area contributed by atoms with E-state index in [2.05, 4.69) is 5.32 Å². The third-order valence-corrected chi connectivity index (χ3v) is 6.98. The van der Waals surface area contributed by atoms with Gasteiger partial charge in [-0.15, -0.1) is 0 Å². The van der Waals surface area contributed by atoms with Crippen LogP contribution in [0, 0.1) is 6.92 Å². The zero-order chi connectivity index (χ0) is 22.4. The van der Waals surface area contributed by atoms with E-state index in [1.807, 2.05) is 62.4 Å². The molecule has 31 heavy (non-hydrogen) atoms. The van der Waals surface area contributed by atoms with Crippen LogP contribution in [0.4, 0.5) is 5.69 Å². The third-order valence-electron chi connectivity index (χ3n) is 4.92. The van der Waals surface area contributed by atoms with Crippen LogP contribution in [-0.2, 0) is 27.8 Å². The second-order valence-corrected chi connectivity index (χ2v) is 9.65. The molecule has 0 atom stereocenters. The number of sulfonamides is 1. The molecule has 0 aliphatic carbocycles. The maximum atomic E-state index is 13.3. The summed E-state index contributed by atoms with van der Waals surface area (Å²) in [5, 5.41) is 3.30. The lowest BCUT2D eigenvalue weighted by molar-refractivity contribution is -0.116. The number of anilines is 1. The van der Waals surface area contributed by atoms with Crippen LogP contribution in [0.25, 0.3) is 0 Å². The van der Waals surface area contributed by atoms with Gasteiger partial charge in [-0.25, -0.2) is 8.42 Å². The van der Waals surface area contributed by atoms with Crippen molar-refractivity contribution in [1.82, 2.24) is 4.31 Å². The summed E-state index contributed by atoms with van der Waals surface area (Å²) in [5.74, 6) is -0.398. The number of halogens is 1. The van der Waals surface area contributed by atoms with Crippen molar-refractivity contribution in [3.63, 3.8) is 0 Å². The number of para-hydroxylation sites is 1. The highest BCUT2D eigenvalue weighted by Gasteiger charge is 2.27. The van der Waals surface area contributed by atoms with Crippen LogP contribution in [0.2, 0.25) is 5.02 Å². The third kappa shape index (κ3) is 5.94. The van der Waals surface area contributed by atoms with E-state index >= 15 is 0 Å². The average Bonchev–Trinajstić information content (AvgIpc) is 2.75. The van der Waals surface area contributed by atoms with Crippen molar-refractivity contribution in [3.8, 4) is 0 Å². The van der Waals surface area contributed by atoms with Gasteiger partial charge in [0, 0.05) is 17.3 Å². The molecule has 0 fully saturated rings. The Hall–Kier alpha value is -2.67. The highest BCUT2D eigenvalue weighted by Crippen LogP contribution is 2.22. The van der Waals surface area contributed by atoms with Crippen molar-refractivity contribution in [2.45, 2.75) is 31.7 Å². The summed E-state index contributed by atoms with van der Waals surface area (Å²) < 4.78 is 27.8. The molecule has 7 heteroatoms. The zero-order valence-electron chi connectivity index (χ0n) is 17.5. The minimum absolute atomic E-state index is 0.0775. The highest BCUT2D eigenvalue weighted by atomic mass is 35.5. The molecule has 0 unspecified atom stereocenters. The van der Waals surface area contributed by atoms with Crippen LogP contribution < -0.4 is 5.32 Å². The molecule has 0 bridgehead atoms. The first-order chi connectivity index (χ1) is 14.8. The van der Waals surface area contributed by atoms with Crippen molar-refractivity contribution >= 4 is 33.2 Å². The van der Waals surface area contributed by atoms with E-state index in [1.54, 1.807) is 0 Å². The van der Waals surface area contributed by atoms with Gasteiger partial charge in [0.1, 0.15) is 0 Å². The van der Waals surface area contributed by atoms with Crippen LogP contribution >= 0.6 is 11.6 Å². The van der Waals surface area contributed by atoms with E-state index in [-0.39, 0.29) is 18.0 Å². The second kappa shape index (κ2) is 10.1. The first-order valence-corrected chi connectivity index (χ1v) is 11.8. The molecular formula is C24H25ClN2O3S. The Morgan fingerprint density at radius 2 is 1.61 bits per heavy atom. The molecule has 5 nitrogen and oxygen atoms in total. The number of hydrogen-bond donors (Lipinski definition) is 1. The largest absolute Gasteiger partial charge is 0.325 e. The predicted molar refractivity (Wildman–Crippen MR) is 125 cm³/mol. The molecule has 0 saturated carbocycles. The number of carbonyl (C=O) groups is 1.